The largest absolute Gasteiger partial charge is 0.497 e. The number of hydrogen-bond donors (Lipinski definition) is 0. The molecule has 2 saturated heterocycles. The molecule has 2 fully saturated rings. The smallest absolute Gasteiger partial charge is 0.226 e. The molecular formula is C16H22N2O4S. The van der Waals surface area contributed by atoms with Crippen LogP contribution in [0.4, 0.5) is 5.69 Å². The predicted molar refractivity (Wildman–Crippen MR) is 88.5 cm³/mol. The van der Waals surface area contributed by atoms with E-state index in [1.807, 2.05) is 29.2 Å². The number of amides is 1. The molecule has 0 spiro atoms. The third-order valence-corrected chi connectivity index (χ3v) is 6.36. The number of carbonyl (C=O) groups excluding carboxylic acids is 1. The zero-order valence-corrected chi connectivity index (χ0v) is 14.1. The second kappa shape index (κ2) is 6.39. The van der Waals surface area contributed by atoms with Gasteiger partial charge in [0.25, 0.3) is 0 Å². The highest BCUT2D eigenvalue weighted by molar-refractivity contribution is 7.91. The number of piperazine rings is 1. The normalized spacial score (nSPS) is 23.8. The minimum atomic E-state index is -3.01. The maximum absolute atomic E-state index is 12.5. The third-order valence-electron chi connectivity index (χ3n) is 4.59. The van der Waals surface area contributed by atoms with Gasteiger partial charge >= 0.3 is 0 Å². The molecule has 0 radical (unpaired) electrons. The van der Waals surface area contributed by atoms with E-state index in [4.69, 9.17) is 4.74 Å². The highest BCUT2D eigenvalue weighted by atomic mass is 32.2. The van der Waals surface area contributed by atoms with Gasteiger partial charge in [0, 0.05) is 37.9 Å². The van der Waals surface area contributed by atoms with Gasteiger partial charge in [-0.3, -0.25) is 4.79 Å². The van der Waals surface area contributed by atoms with Crippen molar-refractivity contribution in [3.05, 3.63) is 24.3 Å². The van der Waals surface area contributed by atoms with Gasteiger partial charge in [-0.05, 0) is 18.6 Å². The lowest BCUT2D eigenvalue weighted by molar-refractivity contribution is -0.135. The number of rotatable bonds is 3. The van der Waals surface area contributed by atoms with Crippen molar-refractivity contribution in [3.63, 3.8) is 0 Å². The van der Waals surface area contributed by atoms with Crippen LogP contribution in [0.3, 0.4) is 0 Å². The van der Waals surface area contributed by atoms with Crippen molar-refractivity contribution < 1.29 is 17.9 Å². The first-order valence-corrected chi connectivity index (χ1v) is 9.69. The van der Waals surface area contributed by atoms with Crippen LogP contribution in [0.2, 0.25) is 0 Å². The second-order valence-electron chi connectivity index (χ2n) is 6.11. The fourth-order valence-electron chi connectivity index (χ4n) is 3.24. The van der Waals surface area contributed by atoms with Crippen LogP contribution in [0.1, 0.15) is 6.42 Å². The Labute approximate surface area is 136 Å². The lowest BCUT2D eigenvalue weighted by Crippen LogP contribution is -2.50. The molecule has 0 aromatic heterocycles. The first kappa shape index (κ1) is 16.1. The summed E-state index contributed by atoms with van der Waals surface area (Å²) in [6.07, 6.45) is 0.470. The zero-order valence-electron chi connectivity index (χ0n) is 13.3. The van der Waals surface area contributed by atoms with Gasteiger partial charge in [-0.15, -0.1) is 0 Å². The summed E-state index contributed by atoms with van der Waals surface area (Å²) in [6.45, 7) is 2.76. The fraction of sp³-hybridized carbons (Fsp3) is 0.562. The van der Waals surface area contributed by atoms with Gasteiger partial charge in [0.1, 0.15) is 5.75 Å². The molecule has 2 heterocycles. The van der Waals surface area contributed by atoms with Crippen LogP contribution in [-0.2, 0) is 14.6 Å². The van der Waals surface area contributed by atoms with Gasteiger partial charge in [-0.2, -0.15) is 0 Å². The van der Waals surface area contributed by atoms with E-state index in [1.54, 1.807) is 7.11 Å². The lowest BCUT2D eigenvalue weighted by atomic mass is 10.1. The number of benzene rings is 1. The topological polar surface area (TPSA) is 66.9 Å². The maximum Gasteiger partial charge on any atom is 0.226 e. The van der Waals surface area contributed by atoms with E-state index in [2.05, 4.69) is 4.90 Å². The fourth-order valence-corrected chi connectivity index (χ4v) is 4.97. The summed E-state index contributed by atoms with van der Waals surface area (Å²) in [5, 5.41) is 0. The summed E-state index contributed by atoms with van der Waals surface area (Å²) in [7, 11) is -1.37. The summed E-state index contributed by atoms with van der Waals surface area (Å²) in [5.41, 5.74) is 1.08. The average molecular weight is 338 g/mol. The maximum atomic E-state index is 12.5. The number of ether oxygens (including phenoxy) is 1. The number of anilines is 1. The van der Waals surface area contributed by atoms with Crippen molar-refractivity contribution in [1.82, 2.24) is 4.90 Å². The van der Waals surface area contributed by atoms with Crippen LogP contribution >= 0.6 is 0 Å². The number of sulfone groups is 1. The molecule has 1 aromatic carbocycles. The van der Waals surface area contributed by atoms with Crippen LogP contribution < -0.4 is 9.64 Å². The molecule has 1 atom stereocenters. The molecule has 2 aliphatic rings. The Bertz CT molecular complexity index is 681. The summed E-state index contributed by atoms with van der Waals surface area (Å²) in [4.78, 5) is 16.5. The highest BCUT2D eigenvalue weighted by Crippen LogP contribution is 2.24. The van der Waals surface area contributed by atoms with Gasteiger partial charge in [0.15, 0.2) is 9.84 Å². The summed E-state index contributed by atoms with van der Waals surface area (Å²) >= 11 is 0. The highest BCUT2D eigenvalue weighted by Gasteiger charge is 2.36. The minimum Gasteiger partial charge on any atom is -0.497 e. The molecule has 0 saturated carbocycles. The van der Waals surface area contributed by atoms with Gasteiger partial charge in [-0.25, -0.2) is 8.42 Å². The van der Waals surface area contributed by atoms with E-state index in [0.29, 0.717) is 19.5 Å². The quantitative estimate of drug-likeness (QED) is 0.815. The average Bonchev–Trinajstić information content (AvgIpc) is 2.94. The van der Waals surface area contributed by atoms with Crippen molar-refractivity contribution in [2.24, 2.45) is 5.92 Å². The Balaban J connectivity index is 1.59. The Kier molecular flexibility index (Phi) is 4.48. The van der Waals surface area contributed by atoms with Crippen molar-refractivity contribution in [3.8, 4) is 5.75 Å². The van der Waals surface area contributed by atoms with Crippen molar-refractivity contribution in [2.45, 2.75) is 6.42 Å². The van der Waals surface area contributed by atoms with E-state index < -0.39 is 9.84 Å². The number of carbonyl (C=O) groups is 1. The zero-order chi connectivity index (χ0) is 16.4. The Morgan fingerprint density at radius 3 is 2.57 bits per heavy atom. The second-order valence-corrected chi connectivity index (χ2v) is 8.34. The third kappa shape index (κ3) is 3.60. The Morgan fingerprint density at radius 1 is 1.22 bits per heavy atom. The van der Waals surface area contributed by atoms with Crippen LogP contribution in [0, 0.1) is 5.92 Å². The molecule has 1 amide bonds. The molecule has 1 unspecified atom stereocenters. The molecule has 1 aromatic rings. The summed E-state index contributed by atoms with van der Waals surface area (Å²) in [6, 6.07) is 7.88. The summed E-state index contributed by atoms with van der Waals surface area (Å²) in [5.74, 6) is 0.631. The SMILES string of the molecule is COc1cccc(N2CCN(C(=O)C3CCS(=O)(=O)C3)CC2)c1. The van der Waals surface area contributed by atoms with Gasteiger partial charge in [0.2, 0.25) is 5.91 Å². The molecule has 0 N–H and O–H groups in total. The Hall–Kier alpha value is -1.76. The monoisotopic (exact) mass is 338 g/mol. The molecule has 7 heteroatoms. The van der Waals surface area contributed by atoms with Crippen molar-refractivity contribution in [1.29, 1.82) is 0 Å². The van der Waals surface area contributed by atoms with Crippen molar-refractivity contribution in [2.75, 3.05) is 49.7 Å². The molecular weight excluding hydrogens is 316 g/mol. The van der Waals surface area contributed by atoms with Crippen LogP contribution in [0.5, 0.6) is 5.75 Å². The number of nitrogens with zero attached hydrogens (tertiary/aromatic N) is 2. The van der Waals surface area contributed by atoms with Gasteiger partial charge < -0.3 is 14.5 Å². The molecule has 2 aliphatic heterocycles. The van der Waals surface area contributed by atoms with Crippen LogP contribution in [0.15, 0.2) is 24.3 Å². The van der Waals surface area contributed by atoms with E-state index in [-0.39, 0.29) is 23.3 Å². The first-order valence-electron chi connectivity index (χ1n) is 7.87. The molecule has 6 nitrogen and oxygen atoms in total. The molecule has 126 valence electrons. The predicted octanol–water partition coefficient (Wildman–Crippen LogP) is 0.778. The Morgan fingerprint density at radius 2 is 1.96 bits per heavy atom. The van der Waals surface area contributed by atoms with Gasteiger partial charge in [0.05, 0.1) is 24.5 Å². The van der Waals surface area contributed by atoms with Crippen LogP contribution in [0.25, 0.3) is 0 Å². The van der Waals surface area contributed by atoms with Crippen molar-refractivity contribution >= 4 is 21.4 Å². The van der Waals surface area contributed by atoms with Crippen LogP contribution in [-0.4, -0.2) is 64.0 Å². The minimum absolute atomic E-state index is 0.00336. The molecule has 0 bridgehead atoms. The van der Waals surface area contributed by atoms with E-state index in [9.17, 15) is 13.2 Å². The van der Waals surface area contributed by atoms with E-state index in [0.717, 1.165) is 24.5 Å². The molecule has 23 heavy (non-hydrogen) atoms. The van der Waals surface area contributed by atoms with Gasteiger partial charge in [-0.1, -0.05) is 6.07 Å². The lowest BCUT2D eigenvalue weighted by Gasteiger charge is -2.37. The number of methoxy groups -OCH3 is 1. The molecule has 0 aliphatic carbocycles. The van der Waals surface area contributed by atoms with E-state index in [1.165, 1.54) is 0 Å². The first-order chi connectivity index (χ1) is 11.0. The summed E-state index contributed by atoms with van der Waals surface area (Å²) < 4.78 is 28.3. The number of hydrogen-bond acceptors (Lipinski definition) is 5. The van der Waals surface area contributed by atoms with E-state index >= 15 is 0 Å². The standard InChI is InChI=1S/C16H22N2O4S/c1-22-15-4-2-3-14(11-15)17-6-8-18(9-7-17)16(19)13-5-10-23(20,21)12-13/h2-4,11,13H,5-10,12H2,1H3. The molecule has 3 rings (SSSR count).